The number of aromatic hydroxyl groups is 1. The molecule has 2 heterocycles. The van der Waals surface area contributed by atoms with Crippen molar-refractivity contribution in [2.24, 2.45) is 0 Å². The number of nitrogens with zero attached hydrogens (tertiary/aromatic N) is 2. The first-order valence-corrected chi connectivity index (χ1v) is 5.74. The van der Waals surface area contributed by atoms with Gasteiger partial charge in [-0.25, -0.2) is 4.79 Å². The molecule has 1 aromatic heterocycles. The van der Waals surface area contributed by atoms with Crippen LogP contribution in [0.4, 0.5) is 4.79 Å². The van der Waals surface area contributed by atoms with Crippen LogP contribution < -0.4 is 0 Å². The maximum Gasteiger partial charge on any atom is 0.410 e. The Hall–Kier alpha value is -1.78. The van der Waals surface area contributed by atoms with E-state index in [1.807, 2.05) is 0 Å². The van der Waals surface area contributed by atoms with Gasteiger partial charge >= 0.3 is 6.09 Å². The van der Waals surface area contributed by atoms with E-state index in [0.717, 1.165) is 0 Å². The molecule has 0 radical (unpaired) electrons. The highest BCUT2D eigenvalue weighted by atomic mass is 16.6. The van der Waals surface area contributed by atoms with E-state index < -0.39 is 29.7 Å². The first kappa shape index (κ1) is 9.19. The van der Waals surface area contributed by atoms with Crippen LogP contribution in [-0.2, 0) is 4.74 Å². The van der Waals surface area contributed by atoms with Gasteiger partial charge in [0.2, 0.25) is 0 Å². The molecule has 98 valence electrons. The number of ether oxygens (including phenoxy) is 1. The summed E-state index contributed by atoms with van der Waals surface area (Å²) in [6.45, 7) is 6.01. The molecular weight excluding hydrogens is 232 g/mol. The second-order valence-corrected chi connectivity index (χ2v) is 5.29. The smallest absolute Gasteiger partial charge is 0.410 e. The average Bonchev–Trinajstić information content (AvgIpc) is 2.28. The number of carbonyl (C=O) groups is 1. The number of pyridine rings is 1. The molecule has 0 atom stereocenters. The number of rotatable bonds is 1. The summed E-state index contributed by atoms with van der Waals surface area (Å²) in [4.78, 5) is 17.2. The molecule has 1 amide bonds. The van der Waals surface area contributed by atoms with Crippen LogP contribution in [0.5, 0.6) is 5.75 Å². The SMILES string of the molecule is [2H]c1nc(C2CN(C(=O)OC(C)(C)C)C2)c([2H])c([2H])c1O. The third-order valence-electron chi connectivity index (χ3n) is 2.51. The van der Waals surface area contributed by atoms with E-state index >= 15 is 0 Å². The summed E-state index contributed by atoms with van der Waals surface area (Å²) < 4.78 is 28.1. The standard InChI is InChI=1S/C13H18N2O3/c1-13(2,3)18-12(17)15-7-9(8-15)11-5-4-10(16)6-14-11/h4-6,9,16H,7-8H2,1-3H3/i4D,5D,6D. The van der Waals surface area contributed by atoms with Crippen LogP contribution in [0.1, 0.15) is 36.5 Å². The van der Waals surface area contributed by atoms with Gasteiger partial charge in [-0.2, -0.15) is 0 Å². The second-order valence-electron chi connectivity index (χ2n) is 5.29. The van der Waals surface area contributed by atoms with Gasteiger partial charge in [-0.05, 0) is 32.9 Å². The van der Waals surface area contributed by atoms with Gasteiger partial charge < -0.3 is 14.7 Å². The average molecular weight is 253 g/mol. The van der Waals surface area contributed by atoms with Gasteiger partial charge in [0.1, 0.15) is 11.4 Å². The van der Waals surface area contributed by atoms with E-state index in [1.54, 1.807) is 20.8 Å². The first-order valence-electron chi connectivity index (χ1n) is 7.24. The van der Waals surface area contributed by atoms with Crippen molar-refractivity contribution < 1.29 is 18.8 Å². The Kier molecular flexibility index (Phi) is 2.29. The summed E-state index contributed by atoms with van der Waals surface area (Å²) in [5, 5.41) is 9.41. The molecule has 0 spiro atoms. The van der Waals surface area contributed by atoms with Gasteiger partial charge in [0.15, 0.2) is 0 Å². The van der Waals surface area contributed by atoms with E-state index in [2.05, 4.69) is 4.98 Å². The maximum atomic E-state index is 11.8. The van der Waals surface area contributed by atoms with Gasteiger partial charge in [0.05, 0.1) is 10.3 Å². The van der Waals surface area contributed by atoms with Crippen LogP contribution in [0.15, 0.2) is 18.3 Å². The van der Waals surface area contributed by atoms with Crippen molar-refractivity contribution in [2.45, 2.75) is 32.3 Å². The third-order valence-corrected chi connectivity index (χ3v) is 2.51. The lowest BCUT2D eigenvalue weighted by atomic mass is 9.96. The lowest BCUT2D eigenvalue weighted by Crippen LogP contribution is -2.50. The molecule has 5 nitrogen and oxygen atoms in total. The summed E-state index contributed by atoms with van der Waals surface area (Å²) in [6.07, 6.45) is -0.844. The largest absolute Gasteiger partial charge is 0.506 e. The summed E-state index contributed by atoms with van der Waals surface area (Å²) >= 11 is 0. The predicted molar refractivity (Wildman–Crippen MR) is 66.4 cm³/mol. The summed E-state index contributed by atoms with van der Waals surface area (Å²) in [6, 6.07) is -0.599. The zero-order chi connectivity index (χ0) is 15.9. The van der Waals surface area contributed by atoms with Crippen LogP contribution >= 0.6 is 0 Å². The molecule has 18 heavy (non-hydrogen) atoms. The van der Waals surface area contributed by atoms with Crippen molar-refractivity contribution in [3.63, 3.8) is 0 Å². The number of hydrogen-bond donors (Lipinski definition) is 1. The lowest BCUT2D eigenvalue weighted by molar-refractivity contribution is 0.00786. The number of likely N-dealkylation sites (tertiary alicyclic amines) is 1. The fraction of sp³-hybridized carbons (Fsp3) is 0.538. The molecule has 0 bridgehead atoms. The Morgan fingerprint density at radius 3 is 2.83 bits per heavy atom. The number of carbonyl (C=O) groups excluding carboxylic acids is 1. The highest BCUT2D eigenvalue weighted by molar-refractivity contribution is 5.69. The Labute approximate surface area is 111 Å². The summed E-state index contributed by atoms with van der Waals surface area (Å²) in [5.41, 5.74) is -0.301. The van der Waals surface area contributed by atoms with Crippen molar-refractivity contribution in [1.82, 2.24) is 9.88 Å². The topological polar surface area (TPSA) is 62.7 Å². The zero-order valence-corrected chi connectivity index (χ0v) is 10.6. The third kappa shape index (κ3) is 2.91. The van der Waals surface area contributed by atoms with Gasteiger partial charge in [-0.3, -0.25) is 4.98 Å². The van der Waals surface area contributed by atoms with E-state index in [9.17, 15) is 9.90 Å². The Bertz CT molecular complexity index is 581. The Morgan fingerprint density at radius 1 is 1.56 bits per heavy atom. The lowest BCUT2D eigenvalue weighted by Gasteiger charge is -2.39. The molecule has 1 aliphatic rings. The molecule has 5 heteroatoms. The fourth-order valence-corrected chi connectivity index (χ4v) is 1.61. The molecule has 1 fully saturated rings. The second kappa shape index (κ2) is 4.48. The molecule has 1 saturated heterocycles. The monoisotopic (exact) mass is 253 g/mol. The first-order chi connectivity index (χ1) is 9.60. The van der Waals surface area contributed by atoms with E-state index in [4.69, 9.17) is 8.85 Å². The molecule has 0 unspecified atom stereocenters. The summed E-state index contributed by atoms with van der Waals surface area (Å²) in [7, 11) is 0. The van der Waals surface area contributed by atoms with E-state index in [-0.39, 0.29) is 17.7 Å². The molecule has 0 aliphatic carbocycles. The van der Waals surface area contributed by atoms with Gasteiger partial charge in [0, 0.05) is 24.7 Å². The highest BCUT2D eigenvalue weighted by Gasteiger charge is 2.35. The molecule has 1 N–H and O–H groups in total. The van der Waals surface area contributed by atoms with Crippen LogP contribution in [-0.4, -0.2) is 39.8 Å². The number of hydrogen-bond acceptors (Lipinski definition) is 4. The molecule has 0 saturated carbocycles. The van der Waals surface area contributed by atoms with Gasteiger partial charge in [0.25, 0.3) is 0 Å². The van der Waals surface area contributed by atoms with Crippen molar-refractivity contribution in [3.05, 3.63) is 24.0 Å². The molecule has 2 rings (SSSR count). The maximum absolute atomic E-state index is 11.8. The Morgan fingerprint density at radius 2 is 2.22 bits per heavy atom. The van der Waals surface area contributed by atoms with Crippen molar-refractivity contribution in [1.29, 1.82) is 0 Å². The highest BCUT2D eigenvalue weighted by Crippen LogP contribution is 2.27. The van der Waals surface area contributed by atoms with Gasteiger partial charge in [-0.1, -0.05) is 0 Å². The van der Waals surface area contributed by atoms with Crippen molar-refractivity contribution in [2.75, 3.05) is 13.1 Å². The molecule has 0 aromatic carbocycles. The van der Waals surface area contributed by atoms with Gasteiger partial charge in [-0.15, -0.1) is 0 Å². The minimum atomic E-state index is -0.591. The molecule has 1 aliphatic heterocycles. The van der Waals surface area contributed by atoms with Crippen molar-refractivity contribution in [3.8, 4) is 5.75 Å². The minimum Gasteiger partial charge on any atom is -0.506 e. The zero-order valence-electron chi connectivity index (χ0n) is 13.6. The van der Waals surface area contributed by atoms with Crippen LogP contribution in [0, 0.1) is 0 Å². The molecule has 1 aromatic rings. The van der Waals surface area contributed by atoms with Crippen LogP contribution in [0.25, 0.3) is 0 Å². The normalized spacial score (nSPS) is 18.6. The minimum absolute atomic E-state index is 0.197. The van der Waals surface area contributed by atoms with Crippen LogP contribution in [0.2, 0.25) is 0 Å². The predicted octanol–water partition coefficient (Wildman–Crippen LogP) is 2.12. The fourth-order valence-electron chi connectivity index (χ4n) is 1.61. The summed E-state index contributed by atoms with van der Waals surface area (Å²) in [5.74, 6) is -0.800. The number of amides is 1. The van der Waals surface area contributed by atoms with E-state index in [0.29, 0.717) is 13.1 Å². The van der Waals surface area contributed by atoms with Crippen molar-refractivity contribution >= 4 is 6.09 Å². The Balaban J connectivity index is 2.07. The number of aromatic nitrogens is 1. The van der Waals surface area contributed by atoms with Crippen LogP contribution in [0.3, 0.4) is 0 Å². The molecular formula is C13H18N2O3. The quantitative estimate of drug-likeness (QED) is 0.832. The van der Waals surface area contributed by atoms with E-state index in [1.165, 1.54) is 4.90 Å².